The van der Waals surface area contributed by atoms with Gasteiger partial charge in [-0.05, 0) is 37.0 Å². The fraction of sp³-hybridized carbons (Fsp3) is 0.647. The molecule has 1 aromatic carbocycles. The highest BCUT2D eigenvalue weighted by Gasteiger charge is 2.37. The lowest BCUT2D eigenvalue weighted by Gasteiger charge is -2.47. The van der Waals surface area contributed by atoms with E-state index in [0.29, 0.717) is 24.3 Å². The van der Waals surface area contributed by atoms with Crippen LogP contribution in [-0.2, 0) is 4.74 Å². The highest BCUT2D eigenvalue weighted by molar-refractivity contribution is 5.26. The Kier molecular flexibility index (Phi) is 4.57. The fourth-order valence-electron chi connectivity index (χ4n) is 3.79. The van der Waals surface area contributed by atoms with Gasteiger partial charge in [0.05, 0.1) is 12.7 Å². The van der Waals surface area contributed by atoms with Crippen LogP contribution in [0.1, 0.15) is 42.9 Å². The first kappa shape index (κ1) is 14.9. The van der Waals surface area contributed by atoms with Crippen molar-refractivity contribution in [3.63, 3.8) is 0 Å². The molecular weight excluding hydrogens is 267 g/mol. The third kappa shape index (κ3) is 2.98. The van der Waals surface area contributed by atoms with Gasteiger partial charge in [-0.15, -0.1) is 0 Å². The summed E-state index contributed by atoms with van der Waals surface area (Å²) in [5, 5.41) is 0. The van der Waals surface area contributed by atoms with Gasteiger partial charge in [-0.25, -0.2) is 4.39 Å². The smallest absolute Gasteiger partial charge is 0.126 e. The summed E-state index contributed by atoms with van der Waals surface area (Å²) in [6.07, 6.45) is 5.13. The molecule has 4 heteroatoms. The van der Waals surface area contributed by atoms with Crippen LogP contribution in [0.15, 0.2) is 18.2 Å². The normalized spacial score (nSPS) is 28.1. The van der Waals surface area contributed by atoms with Crippen molar-refractivity contribution in [1.29, 1.82) is 0 Å². The van der Waals surface area contributed by atoms with Gasteiger partial charge >= 0.3 is 0 Å². The van der Waals surface area contributed by atoms with Crippen LogP contribution in [0.4, 0.5) is 4.39 Å². The van der Waals surface area contributed by atoms with Gasteiger partial charge in [-0.3, -0.25) is 4.90 Å². The Morgan fingerprint density at radius 3 is 2.95 bits per heavy atom. The van der Waals surface area contributed by atoms with Crippen molar-refractivity contribution in [2.45, 2.75) is 50.8 Å². The number of morpholine rings is 1. The summed E-state index contributed by atoms with van der Waals surface area (Å²) in [4.78, 5) is 2.46. The van der Waals surface area contributed by atoms with E-state index in [4.69, 9.17) is 10.5 Å². The van der Waals surface area contributed by atoms with Crippen LogP contribution in [-0.4, -0.2) is 36.7 Å². The number of nitrogens with two attached hydrogens (primary N) is 1. The number of hydrogen-bond donors (Lipinski definition) is 1. The average Bonchev–Trinajstić information content (AvgIpc) is 2.52. The Balaban J connectivity index is 1.85. The molecule has 1 saturated carbocycles. The summed E-state index contributed by atoms with van der Waals surface area (Å²) < 4.78 is 19.8. The second-order valence-corrected chi connectivity index (χ2v) is 6.26. The SMILES string of the molecule is Cc1ccc(C(CN)N2CCOC3CCCCC32)cc1F. The van der Waals surface area contributed by atoms with Crippen LogP contribution in [0.25, 0.3) is 0 Å². The number of aryl methyl sites for hydroxylation is 1. The third-order valence-electron chi connectivity index (χ3n) is 4.98. The molecule has 2 fully saturated rings. The van der Waals surface area contributed by atoms with E-state index in [0.717, 1.165) is 31.6 Å². The van der Waals surface area contributed by atoms with E-state index in [9.17, 15) is 4.39 Å². The number of benzene rings is 1. The molecule has 2 aliphatic rings. The van der Waals surface area contributed by atoms with E-state index < -0.39 is 0 Å². The van der Waals surface area contributed by atoms with E-state index in [1.54, 1.807) is 13.0 Å². The van der Waals surface area contributed by atoms with Crippen LogP contribution < -0.4 is 5.73 Å². The lowest BCUT2D eigenvalue weighted by atomic mass is 9.88. The summed E-state index contributed by atoms with van der Waals surface area (Å²) in [6.45, 7) is 3.96. The molecular formula is C17H25FN2O. The molecule has 0 spiro atoms. The highest BCUT2D eigenvalue weighted by atomic mass is 19.1. The summed E-state index contributed by atoms with van der Waals surface area (Å²) in [5.74, 6) is -0.139. The molecule has 3 rings (SSSR count). The lowest BCUT2D eigenvalue weighted by molar-refractivity contribution is -0.102. The quantitative estimate of drug-likeness (QED) is 0.931. The molecule has 1 saturated heterocycles. The Hall–Kier alpha value is -0.970. The number of fused-ring (bicyclic) bond motifs is 1. The number of ether oxygens (including phenoxy) is 1. The maximum atomic E-state index is 13.9. The molecule has 3 atom stereocenters. The maximum absolute atomic E-state index is 13.9. The largest absolute Gasteiger partial charge is 0.375 e. The average molecular weight is 292 g/mol. The predicted molar refractivity (Wildman–Crippen MR) is 81.6 cm³/mol. The zero-order chi connectivity index (χ0) is 14.8. The Morgan fingerprint density at radius 2 is 2.19 bits per heavy atom. The molecule has 3 nitrogen and oxygen atoms in total. The molecule has 116 valence electrons. The zero-order valence-corrected chi connectivity index (χ0v) is 12.7. The number of rotatable bonds is 3. The standard InChI is InChI=1S/C17H25FN2O/c1-12-6-7-13(10-14(12)18)16(11-19)20-8-9-21-17-5-3-2-4-15(17)20/h6-7,10,15-17H,2-5,8-9,11,19H2,1H3. The first-order valence-electron chi connectivity index (χ1n) is 8.04. The lowest BCUT2D eigenvalue weighted by Crippen LogP contribution is -2.54. The topological polar surface area (TPSA) is 38.5 Å². The van der Waals surface area contributed by atoms with Gasteiger partial charge in [-0.1, -0.05) is 25.0 Å². The van der Waals surface area contributed by atoms with Crippen molar-refractivity contribution in [3.8, 4) is 0 Å². The maximum Gasteiger partial charge on any atom is 0.126 e. The van der Waals surface area contributed by atoms with E-state index in [2.05, 4.69) is 4.90 Å². The minimum Gasteiger partial charge on any atom is -0.375 e. The highest BCUT2D eigenvalue weighted by Crippen LogP contribution is 2.34. The van der Waals surface area contributed by atoms with Crippen LogP contribution >= 0.6 is 0 Å². The van der Waals surface area contributed by atoms with Crippen molar-refractivity contribution in [2.24, 2.45) is 5.73 Å². The first-order valence-corrected chi connectivity index (χ1v) is 8.04. The molecule has 0 aromatic heterocycles. The summed E-state index contributed by atoms with van der Waals surface area (Å²) in [6, 6.07) is 6.05. The molecule has 1 heterocycles. The van der Waals surface area contributed by atoms with Crippen molar-refractivity contribution in [2.75, 3.05) is 19.7 Å². The van der Waals surface area contributed by atoms with Crippen LogP contribution in [0, 0.1) is 12.7 Å². The van der Waals surface area contributed by atoms with Crippen molar-refractivity contribution in [1.82, 2.24) is 4.90 Å². The Morgan fingerprint density at radius 1 is 1.38 bits per heavy atom. The van der Waals surface area contributed by atoms with Gasteiger partial charge in [0.15, 0.2) is 0 Å². The van der Waals surface area contributed by atoms with E-state index >= 15 is 0 Å². The Labute approximate surface area is 126 Å². The minimum atomic E-state index is -0.139. The third-order valence-corrected chi connectivity index (χ3v) is 4.98. The molecule has 1 aromatic rings. The zero-order valence-electron chi connectivity index (χ0n) is 12.7. The first-order chi connectivity index (χ1) is 10.2. The molecule has 1 aliphatic carbocycles. The minimum absolute atomic E-state index is 0.0922. The van der Waals surface area contributed by atoms with Crippen LogP contribution in [0.5, 0.6) is 0 Å². The summed E-state index contributed by atoms with van der Waals surface area (Å²) >= 11 is 0. The molecule has 2 N–H and O–H groups in total. The molecule has 21 heavy (non-hydrogen) atoms. The second kappa shape index (κ2) is 6.42. The predicted octanol–water partition coefficient (Wildman–Crippen LogP) is 2.78. The second-order valence-electron chi connectivity index (χ2n) is 6.26. The van der Waals surface area contributed by atoms with Crippen molar-refractivity contribution in [3.05, 3.63) is 35.1 Å². The van der Waals surface area contributed by atoms with Crippen molar-refractivity contribution < 1.29 is 9.13 Å². The molecule has 0 radical (unpaired) electrons. The Bertz CT molecular complexity index is 492. The summed E-state index contributed by atoms with van der Waals surface area (Å²) in [5.41, 5.74) is 7.72. The van der Waals surface area contributed by atoms with Gasteiger partial charge in [0.1, 0.15) is 5.82 Å². The van der Waals surface area contributed by atoms with Gasteiger partial charge in [0.2, 0.25) is 0 Å². The number of halogens is 1. The fourth-order valence-corrected chi connectivity index (χ4v) is 3.79. The monoisotopic (exact) mass is 292 g/mol. The van der Waals surface area contributed by atoms with Gasteiger partial charge < -0.3 is 10.5 Å². The molecule has 0 bridgehead atoms. The molecule has 1 aliphatic heterocycles. The van der Waals surface area contributed by atoms with E-state index in [-0.39, 0.29) is 11.9 Å². The van der Waals surface area contributed by atoms with Gasteiger partial charge in [0.25, 0.3) is 0 Å². The van der Waals surface area contributed by atoms with Crippen molar-refractivity contribution >= 4 is 0 Å². The van der Waals surface area contributed by atoms with E-state index in [1.165, 1.54) is 12.8 Å². The van der Waals surface area contributed by atoms with Crippen LogP contribution in [0.2, 0.25) is 0 Å². The number of nitrogens with zero attached hydrogens (tertiary/aromatic N) is 1. The molecule has 3 unspecified atom stereocenters. The van der Waals surface area contributed by atoms with Gasteiger partial charge in [0, 0.05) is 25.2 Å². The molecule has 0 amide bonds. The van der Waals surface area contributed by atoms with Gasteiger partial charge in [-0.2, -0.15) is 0 Å². The van der Waals surface area contributed by atoms with E-state index in [1.807, 2.05) is 12.1 Å². The number of hydrogen-bond acceptors (Lipinski definition) is 3. The van der Waals surface area contributed by atoms with Crippen LogP contribution in [0.3, 0.4) is 0 Å². The summed E-state index contributed by atoms with van der Waals surface area (Å²) in [7, 11) is 0.